The van der Waals surface area contributed by atoms with Gasteiger partial charge in [0.25, 0.3) is 0 Å². The molecule has 0 spiro atoms. The van der Waals surface area contributed by atoms with Gasteiger partial charge in [-0.05, 0) is 41.8 Å². The van der Waals surface area contributed by atoms with Crippen LogP contribution in [0.4, 0.5) is 0 Å². The van der Waals surface area contributed by atoms with Crippen LogP contribution in [-0.2, 0) is 0 Å². The molecular formula is C17H16ClN3. The van der Waals surface area contributed by atoms with Crippen LogP contribution in [0, 0.1) is 6.92 Å². The van der Waals surface area contributed by atoms with E-state index in [1.54, 1.807) is 0 Å². The van der Waals surface area contributed by atoms with Crippen LogP contribution in [0.2, 0.25) is 5.02 Å². The third kappa shape index (κ3) is 2.63. The van der Waals surface area contributed by atoms with Crippen molar-refractivity contribution in [1.29, 1.82) is 0 Å². The van der Waals surface area contributed by atoms with Crippen molar-refractivity contribution < 1.29 is 0 Å². The van der Waals surface area contributed by atoms with Crippen molar-refractivity contribution >= 4 is 22.5 Å². The lowest BCUT2D eigenvalue weighted by Gasteiger charge is -2.19. The summed E-state index contributed by atoms with van der Waals surface area (Å²) in [5.41, 5.74) is 6.94. The van der Waals surface area contributed by atoms with Crippen molar-refractivity contribution in [3.8, 4) is 0 Å². The van der Waals surface area contributed by atoms with Gasteiger partial charge in [0.2, 0.25) is 0 Å². The van der Waals surface area contributed by atoms with Crippen LogP contribution >= 0.6 is 11.6 Å². The zero-order valence-electron chi connectivity index (χ0n) is 11.7. The minimum absolute atomic E-state index is 0.138. The Morgan fingerprint density at radius 3 is 2.76 bits per heavy atom. The van der Waals surface area contributed by atoms with Crippen LogP contribution in [0.3, 0.4) is 0 Å². The van der Waals surface area contributed by atoms with Crippen LogP contribution in [-0.4, -0.2) is 4.98 Å². The van der Waals surface area contributed by atoms with Crippen LogP contribution in [0.1, 0.15) is 22.7 Å². The first-order valence-corrected chi connectivity index (χ1v) is 7.14. The molecule has 0 bridgehead atoms. The summed E-state index contributed by atoms with van der Waals surface area (Å²) in [4.78, 5) is 4.50. The van der Waals surface area contributed by atoms with Gasteiger partial charge in [0.1, 0.15) is 0 Å². The second kappa shape index (κ2) is 5.82. The lowest BCUT2D eigenvalue weighted by atomic mass is 9.95. The molecule has 106 valence electrons. The Kier molecular flexibility index (Phi) is 3.88. The number of rotatable bonds is 3. The van der Waals surface area contributed by atoms with Gasteiger partial charge in [-0.1, -0.05) is 41.9 Å². The Hall–Kier alpha value is -1.94. The fourth-order valence-corrected chi connectivity index (χ4v) is 2.73. The highest BCUT2D eigenvalue weighted by atomic mass is 35.5. The maximum Gasteiger partial charge on any atom is 0.0728 e. The normalized spacial score (nSPS) is 12.5. The molecule has 3 aromatic rings. The SMILES string of the molecule is Cc1c(Cl)cccc1C(NN)c1cnc2ccccc2c1. The third-order valence-corrected chi connectivity index (χ3v) is 4.14. The van der Waals surface area contributed by atoms with E-state index in [2.05, 4.69) is 16.5 Å². The lowest BCUT2D eigenvalue weighted by Crippen LogP contribution is -2.29. The molecule has 2 aromatic carbocycles. The second-order valence-electron chi connectivity index (χ2n) is 5.02. The molecule has 0 aliphatic heterocycles. The van der Waals surface area contributed by atoms with Crippen LogP contribution in [0.5, 0.6) is 0 Å². The summed E-state index contributed by atoms with van der Waals surface area (Å²) in [5.74, 6) is 5.78. The Labute approximate surface area is 128 Å². The Morgan fingerprint density at radius 1 is 1.14 bits per heavy atom. The molecule has 0 amide bonds. The molecule has 0 fully saturated rings. The number of hydrazine groups is 1. The Bertz CT molecular complexity index is 786. The quantitative estimate of drug-likeness (QED) is 0.572. The predicted molar refractivity (Wildman–Crippen MR) is 87.1 cm³/mol. The van der Waals surface area contributed by atoms with Crippen molar-refractivity contribution in [3.63, 3.8) is 0 Å². The molecule has 4 heteroatoms. The van der Waals surface area contributed by atoms with E-state index in [4.69, 9.17) is 17.4 Å². The molecule has 1 atom stereocenters. The van der Waals surface area contributed by atoms with Crippen LogP contribution in [0.15, 0.2) is 54.7 Å². The van der Waals surface area contributed by atoms with Gasteiger partial charge in [-0.3, -0.25) is 10.8 Å². The molecular weight excluding hydrogens is 282 g/mol. The lowest BCUT2D eigenvalue weighted by molar-refractivity contribution is 0.632. The van der Waals surface area contributed by atoms with E-state index in [0.29, 0.717) is 0 Å². The van der Waals surface area contributed by atoms with E-state index in [1.165, 1.54) is 0 Å². The smallest absolute Gasteiger partial charge is 0.0728 e. The molecule has 0 aliphatic rings. The molecule has 1 aromatic heterocycles. The zero-order valence-corrected chi connectivity index (χ0v) is 12.4. The van der Waals surface area contributed by atoms with Crippen molar-refractivity contribution in [2.45, 2.75) is 13.0 Å². The van der Waals surface area contributed by atoms with E-state index in [-0.39, 0.29) is 6.04 Å². The van der Waals surface area contributed by atoms with E-state index in [9.17, 15) is 0 Å². The third-order valence-electron chi connectivity index (χ3n) is 3.73. The predicted octanol–water partition coefficient (Wildman–Crippen LogP) is 3.75. The van der Waals surface area contributed by atoms with E-state index < -0.39 is 0 Å². The van der Waals surface area contributed by atoms with Crippen molar-refractivity contribution in [2.24, 2.45) is 5.84 Å². The zero-order chi connectivity index (χ0) is 14.8. The highest BCUT2D eigenvalue weighted by Gasteiger charge is 2.16. The highest BCUT2D eigenvalue weighted by molar-refractivity contribution is 6.31. The number of aromatic nitrogens is 1. The minimum atomic E-state index is -0.138. The molecule has 0 saturated carbocycles. The molecule has 21 heavy (non-hydrogen) atoms. The van der Waals surface area contributed by atoms with Gasteiger partial charge in [0.15, 0.2) is 0 Å². The summed E-state index contributed by atoms with van der Waals surface area (Å²) in [6.45, 7) is 2.00. The number of nitrogens with zero attached hydrogens (tertiary/aromatic N) is 1. The van der Waals surface area contributed by atoms with Gasteiger partial charge in [0.05, 0.1) is 11.6 Å². The van der Waals surface area contributed by atoms with E-state index in [0.717, 1.165) is 32.6 Å². The van der Waals surface area contributed by atoms with Crippen LogP contribution in [0.25, 0.3) is 10.9 Å². The number of para-hydroxylation sites is 1. The number of nitrogens with one attached hydrogen (secondary N) is 1. The highest BCUT2D eigenvalue weighted by Crippen LogP contribution is 2.29. The summed E-state index contributed by atoms with van der Waals surface area (Å²) >= 11 is 6.21. The Morgan fingerprint density at radius 2 is 1.95 bits per heavy atom. The summed E-state index contributed by atoms with van der Waals surface area (Å²) in [6, 6.07) is 15.8. The van der Waals surface area contributed by atoms with E-state index >= 15 is 0 Å². The first-order valence-electron chi connectivity index (χ1n) is 6.76. The summed E-state index contributed by atoms with van der Waals surface area (Å²) < 4.78 is 0. The van der Waals surface area contributed by atoms with Crippen molar-refractivity contribution in [2.75, 3.05) is 0 Å². The fraction of sp³-hybridized carbons (Fsp3) is 0.118. The van der Waals surface area contributed by atoms with Gasteiger partial charge < -0.3 is 0 Å². The molecule has 1 unspecified atom stereocenters. The number of fused-ring (bicyclic) bond motifs is 1. The molecule has 3 nitrogen and oxygen atoms in total. The molecule has 3 rings (SSSR count). The summed E-state index contributed by atoms with van der Waals surface area (Å²) in [5, 5.41) is 1.83. The number of halogens is 1. The fourth-order valence-electron chi connectivity index (χ4n) is 2.55. The maximum absolute atomic E-state index is 6.21. The van der Waals surface area contributed by atoms with Crippen molar-refractivity contribution in [1.82, 2.24) is 10.4 Å². The molecule has 3 N–H and O–H groups in total. The number of nitrogens with two attached hydrogens (primary N) is 1. The Balaban J connectivity index is 2.11. The summed E-state index contributed by atoms with van der Waals surface area (Å²) in [6.07, 6.45) is 1.85. The number of hydrogen-bond acceptors (Lipinski definition) is 3. The maximum atomic E-state index is 6.21. The topological polar surface area (TPSA) is 50.9 Å². The minimum Gasteiger partial charge on any atom is -0.271 e. The number of hydrogen-bond donors (Lipinski definition) is 2. The largest absolute Gasteiger partial charge is 0.271 e. The van der Waals surface area contributed by atoms with Gasteiger partial charge in [-0.25, -0.2) is 5.43 Å². The number of benzene rings is 2. The second-order valence-corrected chi connectivity index (χ2v) is 5.42. The van der Waals surface area contributed by atoms with Gasteiger partial charge in [0, 0.05) is 16.6 Å². The average molecular weight is 298 g/mol. The van der Waals surface area contributed by atoms with Crippen molar-refractivity contribution in [3.05, 3.63) is 76.4 Å². The molecule has 0 saturated heterocycles. The molecule has 0 radical (unpaired) electrons. The van der Waals surface area contributed by atoms with Crippen LogP contribution < -0.4 is 11.3 Å². The first kappa shape index (κ1) is 14.0. The average Bonchev–Trinajstić information content (AvgIpc) is 2.52. The van der Waals surface area contributed by atoms with E-state index in [1.807, 2.05) is 55.6 Å². The van der Waals surface area contributed by atoms with Gasteiger partial charge in [-0.2, -0.15) is 0 Å². The standard InChI is InChI=1S/C17H16ClN3/c1-11-14(6-4-7-15(11)18)17(21-19)13-9-12-5-2-3-8-16(12)20-10-13/h2-10,17,21H,19H2,1H3. The molecule has 0 aliphatic carbocycles. The van der Waals surface area contributed by atoms with Gasteiger partial charge >= 0.3 is 0 Å². The van der Waals surface area contributed by atoms with Gasteiger partial charge in [-0.15, -0.1) is 0 Å². The monoisotopic (exact) mass is 297 g/mol. The number of pyridine rings is 1. The molecule has 1 heterocycles. The first-order chi connectivity index (χ1) is 10.2. The summed E-state index contributed by atoms with van der Waals surface area (Å²) in [7, 11) is 0.